The molecule has 16 heavy (non-hydrogen) atoms. The number of carbonyl (C=O) groups is 2. The third kappa shape index (κ3) is 2.90. The first-order chi connectivity index (χ1) is 7.30. The number of carbonyl (C=O) groups excluding carboxylic acids is 1. The lowest BCUT2D eigenvalue weighted by Gasteiger charge is -2.07. The number of rotatable bonds is 2. The van der Waals surface area contributed by atoms with Gasteiger partial charge in [-0.25, -0.2) is 4.79 Å². The van der Waals surface area contributed by atoms with Crippen LogP contribution >= 0.6 is 0 Å². The molecule has 6 nitrogen and oxygen atoms in total. The summed E-state index contributed by atoms with van der Waals surface area (Å²) in [6, 6.07) is 0.763. The minimum absolute atomic E-state index is 0.394. The molecule has 1 aromatic heterocycles. The molecule has 0 spiro atoms. The van der Waals surface area contributed by atoms with Gasteiger partial charge in [0.15, 0.2) is 5.69 Å². The van der Waals surface area contributed by atoms with Crippen LogP contribution in [0.5, 0.6) is 0 Å². The van der Waals surface area contributed by atoms with Crippen molar-refractivity contribution in [2.24, 2.45) is 0 Å². The summed E-state index contributed by atoms with van der Waals surface area (Å²) in [6.45, 7) is 0. The highest BCUT2D eigenvalue weighted by Gasteiger charge is 2.38. The van der Waals surface area contributed by atoms with Gasteiger partial charge in [-0.05, 0) is 6.07 Å². The molecule has 0 bridgehead atoms. The molecule has 1 rings (SSSR count). The van der Waals surface area contributed by atoms with E-state index in [1.165, 1.54) is 5.32 Å². The fourth-order valence-electron chi connectivity index (χ4n) is 0.742. The first-order valence-corrected chi connectivity index (χ1v) is 3.75. The Morgan fingerprint density at radius 3 is 2.50 bits per heavy atom. The first-order valence-electron chi connectivity index (χ1n) is 3.75. The Labute approximate surface area is 86.1 Å². The van der Waals surface area contributed by atoms with Gasteiger partial charge in [0.2, 0.25) is 0 Å². The molecule has 0 fully saturated rings. The van der Waals surface area contributed by atoms with E-state index >= 15 is 0 Å². The van der Waals surface area contributed by atoms with Gasteiger partial charge < -0.3 is 10.4 Å². The van der Waals surface area contributed by atoms with E-state index in [9.17, 15) is 22.8 Å². The van der Waals surface area contributed by atoms with Crippen molar-refractivity contribution in [2.75, 3.05) is 5.32 Å². The van der Waals surface area contributed by atoms with Crippen LogP contribution in [0.4, 0.5) is 18.9 Å². The molecule has 0 saturated heterocycles. The number of hydrogen-bond acceptors (Lipinski definition) is 4. The summed E-state index contributed by atoms with van der Waals surface area (Å²) in [5.41, 5.74) is -0.963. The second-order valence-corrected chi connectivity index (χ2v) is 2.59. The van der Waals surface area contributed by atoms with E-state index in [1.54, 1.807) is 0 Å². The zero-order valence-corrected chi connectivity index (χ0v) is 7.45. The third-order valence-electron chi connectivity index (χ3n) is 1.39. The SMILES string of the molecule is O=C(O)c1cc(NC(=O)C(F)(F)F)cnn1. The summed E-state index contributed by atoms with van der Waals surface area (Å²) in [5.74, 6) is -3.67. The lowest BCUT2D eigenvalue weighted by Crippen LogP contribution is -2.30. The van der Waals surface area contributed by atoms with Crippen molar-refractivity contribution in [3.63, 3.8) is 0 Å². The van der Waals surface area contributed by atoms with E-state index in [0.717, 1.165) is 12.3 Å². The number of carboxylic acid groups (broad SMARTS) is 1. The highest BCUT2D eigenvalue weighted by atomic mass is 19.4. The van der Waals surface area contributed by atoms with Crippen molar-refractivity contribution in [1.82, 2.24) is 10.2 Å². The maximum atomic E-state index is 11.8. The molecular weight excluding hydrogens is 231 g/mol. The molecule has 2 N–H and O–H groups in total. The molecule has 1 aromatic rings. The van der Waals surface area contributed by atoms with Gasteiger partial charge in [-0.3, -0.25) is 4.79 Å². The topological polar surface area (TPSA) is 92.2 Å². The molecule has 0 aliphatic heterocycles. The van der Waals surface area contributed by atoms with Crippen molar-refractivity contribution < 1.29 is 27.9 Å². The van der Waals surface area contributed by atoms with Crippen molar-refractivity contribution >= 4 is 17.6 Å². The summed E-state index contributed by atoms with van der Waals surface area (Å²) in [5, 5.41) is 16.2. The summed E-state index contributed by atoms with van der Waals surface area (Å²) < 4.78 is 35.5. The molecular formula is C7H4F3N3O3. The van der Waals surface area contributed by atoms with Crippen LogP contribution in [-0.2, 0) is 4.79 Å². The number of carboxylic acids is 1. The molecule has 0 aliphatic rings. The maximum Gasteiger partial charge on any atom is 0.471 e. The maximum absolute atomic E-state index is 11.8. The number of nitrogens with one attached hydrogen (secondary N) is 1. The number of hydrogen-bond donors (Lipinski definition) is 2. The highest BCUT2D eigenvalue weighted by molar-refractivity contribution is 5.95. The van der Waals surface area contributed by atoms with Crippen LogP contribution < -0.4 is 5.32 Å². The minimum Gasteiger partial charge on any atom is -0.476 e. The van der Waals surface area contributed by atoms with Crippen LogP contribution in [0, 0.1) is 0 Å². The molecule has 86 valence electrons. The van der Waals surface area contributed by atoms with Crippen LogP contribution in [-0.4, -0.2) is 33.4 Å². The van der Waals surface area contributed by atoms with Gasteiger partial charge in [0.25, 0.3) is 0 Å². The van der Waals surface area contributed by atoms with Crippen LogP contribution in [0.3, 0.4) is 0 Å². The van der Waals surface area contributed by atoms with E-state index in [-0.39, 0.29) is 0 Å². The van der Waals surface area contributed by atoms with E-state index in [1.807, 2.05) is 0 Å². The molecule has 0 atom stereocenters. The van der Waals surface area contributed by atoms with Crippen LogP contribution in [0.2, 0.25) is 0 Å². The molecule has 0 aliphatic carbocycles. The highest BCUT2D eigenvalue weighted by Crippen LogP contribution is 2.17. The van der Waals surface area contributed by atoms with Crippen molar-refractivity contribution in [3.05, 3.63) is 18.0 Å². The second kappa shape index (κ2) is 4.13. The van der Waals surface area contributed by atoms with Gasteiger partial charge in [-0.15, -0.1) is 5.10 Å². The number of halogens is 3. The molecule has 0 unspecified atom stereocenters. The summed E-state index contributed by atoms with van der Waals surface area (Å²) >= 11 is 0. The van der Waals surface area contributed by atoms with Crippen molar-refractivity contribution in [1.29, 1.82) is 0 Å². The monoisotopic (exact) mass is 235 g/mol. The Morgan fingerprint density at radius 1 is 1.38 bits per heavy atom. The second-order valence-electron chi connectivity index (χ2n) is 2.59. The quantitative estimate of drug-likeness (QED) is 0.786. The van der Waals surface area contributed by atoms with Crippen LogP contribution in [0.1, 0.15) is 10.5 Å². The Hall–Kier alpha value is -2.19. The normalized spacial score (nSPS) is 10.9. The average Bonchev–Trinajstić information content (AvgIpc) is 2.16. The summed E-state index contributed by atoms with van der Waals surface area (Å²) in [4.78, 5) is 20.9. The fraction of sp³-hybridized carbons (Fsp3) is 0.143. The summed E-state index contributed by atoms with van der Waals surface area (Å²) in [7, 11) is 0. The summed E-state index contributed by atoms with van der Waals surface area (Å²) in [6.07, 6.45) is -4.25. The predicted octanol–water partition coefficient (Wildman–Crippen LogP) is 0.676. The molecule has 0 radical (unpaired) electrons. The predicted molar refractivity (Wildman–Crippen MR) is 43.7 cm³/mol. The largest absolute Gasteiger partial charge is 0.476 e. The number of anilines is 1. The number of aromatic nitrogens is 2. The van der Waals surface area contributed by atoms with Crippen LogP contribution in [0.15, 0.2) is 12.3 Å². The number of aromatic carboxylic acids is 1. The van der Waals surface area contributed by atoms with Gasteiger partial charge in [0.05, 0.1) is 11.9 Å². The first kappa shape index (κ1) is 11.9. The van der Waals surface area contributed by atoms with Gasteiger partial charge in [-0.1, -0.05) is 0 Å². The molecule has 9 heteroatoms. The van der Waals surface area contributed by atoms with E-state index in [4.69, 9.17) is 5.11 Å². The number of alkyl halides is 3. The van der Waals surface area contributed by atoms with Gasteiger partial charge >= 0.3 is 18.1 Å². The van der Waals surface area contributed by atoms with Crippen molar-refractivity contribution in [3.8, 4) is 0 Å². The zero-order valence-electron chi connectivity index (χ0n) is 7.45. The number of amides is 1. The molecule has 0 aromatic carbocycles. The van der Waals surface area contributed by atoms with Gasteiger partial charge in [0.1, 0.15) is 0 Å². The van der Waals surface area contributed by atoms with E-state index in [0.29, 0.717) is 0 Å². The van der Waals surface area contributed by atoms with Crippen molar-refractivity contribution in [2.45, 2.75) is 6.18 Å². The molecule has 0 saturated carbocycles. The average molecular weight is 235 g/mol. The number of nitrogens with zero attached hydrogens (tertiary/aromatic N) is 2. The van der Waals surface area contributed by atoms with Gasteiger partial charge in [0, 0.05) is 0 Å². The minimum atomic E-state index is -5.05. The van der Waals surface area contributed by atoms with Crippen LogP contribution in [0.25, 0.3) is 0 Å². The fourth-order valence-corrected chi connectivity index (χ4v) is 0.742. The Morgan fingerprint density at radius 2 is 2.00 bits per heavy atom. The Kier molecular flexibility index (Phi) is 3.06. The van der Waals surface area contributed by atoms with E-state index < -0.39 is 29.4 Å². The molecule has 1 amide bonds. The van der Waals surface area contributed by atoms with E-state index in [2.05, 4.69) is 10.2 Å². The lowest BCUT2D eigenvalue weighted by atomic mass is 10.3. The zero-order chi connectivity index (χ0) is 12.3. The smallest absolute Gasteiger partial charge is 0.471 e. The van der Waals surface area contributed by atoms with Gasteiger partial charge in [-0.2, -0.15) is 18.3 Å². The lowest BCUT2D eigenvalue weighted by molar-refractivity contribution is -0.167. The third-order valence-corrected chi connectivity index (χ3v) is 1.39. The molecule has 1 heterocycles. The standard InChI is InChI=1S/C7H4F3N3O3/c8-7(9,10)6(16)12-3-1-4(5(14)15)13-11-2-3/h1-2H,(H,14,15)(H,12,13,16). The Balaban J connectivity index is 2.87. The Bertz CT molecular complexity index is 432.